The lowest BCUT2D eigenvalue weighted by molar-refractivity contribution is 0.468. The fourth-order valence-corrected chi connectivity index (χ4v) is 3.24. The van der Waals surface area contributed by atoms with Crippen molar-refractivity contribution in [3.05, 3.63) is 43.2 Å². The summed E-state index contributed by atoms with van der Waals surface area (Å²) in [6.45, 7) is 1.49. The molecule has 3 nitrogen and oxygen atoms in total. The Morgan fingerprint density at radius 3 is 2.53 bits per heavy atom. The Morgan fingerprint density at radius 1 is 1.24 bits per heavy atom. The van der Waals surface area contributed by atoms with Crippen molar-refractivity contribution in [2.24, 2.45) is 0 Å². The summed E-state index contributed by atoms with van der Waals surface area (Å²) >= 11 is 8.25. The van der Waals surface area contributed by atoms with E-state index in [4.69, 9.17) is 0 Å². The maximum Gasteiger partial charge on any atom is 0.143 e. The lowest BCUT2D eigenvalue weighted by Crippen LogP contribution is -2.12. The molecule has 2 aromatic rings. The number of halogens is 2. The van der Waals surface area contributed by atoms with Crippen LogP contribution in [0.25, 0.3) is 0 Å². The van der Waals surface area contributed by atoms with Gasteiger partial charge in [-0.1, -0.05) is 0 Å². The fraction of sp³-hybridized carbons (Fsp3) is 0.182. The molecule has 0 aliphatic carbocycles. The Bertz CT molecular complexity index is 479. The minimum Gasteiger partial charge on any atom is -0.506 e. The number of hydrogen-bond donors (Lipinski definition) is 2. The maximum atomic E-state index is 9.58. The number of hydrogen-bond acceptors (Lipinski definition) is 4. The molecule has 0 saturated heterocycles. The van der Waals surface area contributed by atoms with E-state index in [0.29, 0.717) is 8.95 Å². The molecule has 0 aliphatic heterocycles. The second-order valence-electron chi connectivity index (χ2n) is 3.44. The second kappa shape index (κ2) is 5.95. The van der Waals surface area contributed by atoms with E-state index in [1.807, 2.05) is 17.5 Å². The zero-order chi connectivity index (χ0) is 12.3. The summed E-state index contributed by atoms with van der Waals surface area (Å²) in [4.78, 5) is 4.19. The Kier molecular flexibility index (Phi) is 4.55. The van der Waals surface area contributed by atoms with Crippen LogP contribution in [0, 0.1) is 0 Å². The molecule has 0 radical (unpaired) electrons. The number of phenolic OH excluding ortho intramolecular Hbond substituents is 1. The zero-order valence-electron chi connectivity index (χ0n) is 8.78. The number of rotatable bonds is 4. The predicted octanol–water partition coefficient (Wildman–Crippen LogP) is 3.66. The second-order valence-corrected chi connectivity index (χ2v) is 6.13. The average molecular weight is 378 g/mol. The van der Waals surface area contributed by atoms with Crippen LogP contribution >= 0.6 is 43.2 Å². The lowest BCUT2D eigenvalue weighted by atomic mass is 10.2. The minimum atomic E-state index is 0.230. The molecule has 1 aromatic heterocycles. The average Bonchev–Trinajstić information content (AvgIpc) is 2.79. The van der Waals surface area contributed by atoms with Gasteiger partial charge in [0.2, 0.25) is 0 Å². The van der Waals surface area contributed by atoms with E-state index >= 15 is 0 Å². The number of benzene rings is 1. The first-order valence-corrected chi connectivity index (χ1v) is 7.39. The molecule has 2 N–H and O–H groups in total. The van der Waals surface area contributed by atoms with E-state index < -0.39 is 0 Å². The summed E-state index contributed by atoms with van der Waals surface area (Å²) in [5, 5.41) is 15.9. The number of phenols is 1. The Morgan fingerprint density at radius 2 is 1.94 bits per heavy atom. The first-order valence-electron chi connectivity index (χ1n) is 4.93. The van der Waals surface area contributed by atoms with Gasteiger partial charge in [-0.05, 0) is 49.6 Å². The number of thiazole rings is 1. The third-order valence-corrected chi connectivity index (χ3v) is 4.15. The van der Waals surface area contributed by atoms with Gasteiger partial charge >= 0.3 is 0 Å². The predicted molar refractivity (Wildman–Crippen MR) is 76.2 cm³/mol. The van der Waals surface area contributed by atoms with Crippen LogP contribution in [0.15, 0.2) is 32.7 Å². The van der Waals surface area contributed by atoms with Gasteiger partial charge < -0.3 is 10.4 Å². The third kappa shape index (κ3) is 3.51. The SMILES string of the molecule is Oc1c(Br)cc(CNCc2nccs2)cc1Br. The van der Waals surface area contributed by atoms with Crippen molar-refractivity contribution >= 4 is 43.2 Å². The van der Waals surface area contributed by atoms with E-state index in [2.05, 4.69) is 42.2 Å². The molecule has 0 atom stereocenters. The quantitative estimate of drug-likeness (QED) is 0.854. The van der Waals surface area contributed by atoms with Crippen LogP contribution in [0.4, 0.5) is 0 Å². The van der Waals surface area contributed by atoms with Crippen molar-refractivity contribution in [1.82, 2.24) is 10.3 Å². The van der Waals surface area contributed by atoms with E-state index in [1.54, 1.807) is 17.5 Å². The standard InChI is InChI=1S/C11H10Br2N2OS/c12-8-3-7(4-9(13)11(8)16)5-14-6-10-15-1-2-17-10/h1-4,14,16H,5-6H2. The van der Waals surface area contributed by atoms with Crippen LogP contribution in [0.1, 0.15) is 10.6 Å². The highest BCUT2D eigenvalue weighted by Crippen LogP contribution is 2.33. The van der Waals surface area contributed by atoms with Gasteiger partial charge in [0.25, 0.3) is 0 Å². The number of aromatic nitrogens is 1. The molecule has 0 amide bonds. The molecule has 0 aliphatic rings. The summed E-state index contributed by atoms with van der Waals surface area (Å²) in [6.07, 6.45) is 1.80. The van der Waals surface area contributed by atoms with Crippen LogP contribution < -0.4 is 5.32 Å². The topological polar surface area (TPSA) is 45.1 Å². The van der Waals surface area contributed by atoms with Gasteiger partial charge in [-0.3, -0.25) is 0 Å². The Labute approximate surface area is 120 Å². The van der Waals surface area contributed by atoms with Crippen LogP contribution in [0.3, 0.4) is 0 Å². The van der Waals surface area contributed by atoms with Crippen molar-refractivity contribution < 1.29 is 5.11 Å². The van der Waals surface area contributed by atoms with Gasteiger partial charge in [-0.2, -0.15) is 0 Å². The molecular formula is C11H10Br2N2OS. The summed E-state index contributed by atoms with van der Waals surface area (Å²) < 4.78 is 1.39. The number of nitrogens with one attached hydrogen (secondary N) is 1. The van der Waals surface area contributed by atoms with E-state index in [9.17, 15) is 5.11 Å². The lowest BCUT2D eigenvalue weighted by Gasteiger charge is -2.06. The minimum absolute atomic E-state index is 0.230. The first kappa shape index (κ1) is 13.0. The molecule has 90 valence electrons. The van der Waals surface area contributed by atoms with Crippen molar-refractivity contribution in [1.29, 1.82) is 0 Å². The van der Waals surface area contributed by atoms with Crippen molar-refractivity contribution in [3.8, 4) is 5.75 Å². The van der Waals surface area contributed by atoms with E-state index in [-0.39, 0.29) is 5.75 Å². The highest BCUT2D eigenvalue weighted by atomic mass is 79.9. The van der Waals surface area contributed by atoms with Gasteiger partial charge in [0.15, 0.2) is 0 Å². The third-order valence-electron chi connectivity index (χ3n) is 2.17. The summed E-state index contributed by atoms with van der Waals surface area (Å²) in [5.41, 5.74) is 1.10. The summed E-state index contributed by atoms with van der Waals surface area (Å²) in [6, 6.07) is 3.80. The number of aromatic hydroxyl groups is 1. The van der Waals surface area contributed by atoms with E-state index in [1.165, 1.54) is 0 Å². The van der Waals surface area contributed by atoms with Crippen LogP contribution in [0.5, 0.6) is 5.75 Å². The molecule has 17 heavy (non-hydrogen) atoms. The normalized spacial score (nSPS) is 10.7. The molecule has 1 heterocycles. The molecular weight excluding hydrogens is 368 g/mol. The monoisotopic (exact) mass is 376 g/mol. The van der Waals surface area contributed by atoms with Crippen LogP contribution in [0.2, 0.25) is 0 Å². The van der Waals surface area contributed by atoms with Crippen molar-refractivity contribution in [2.45, 2.75) is 13.1 Å². The Balaban J connectivity index is 1.95. The Hall–Kier alpha value is -0.430. The molecule has 1 aromatic carbocycles. The molecule has 0 bridgehead atoms. The highest BCUT2D eigenvalue weighted by Gasteiger charge is 2.05. The summed E-state index contributed by atoms with van der Waals surface area (Å²) in [7, 11) is 0. The maximum absolute atomic E-state index is 9.58. The summed E-state index contributed by atoms with van der Waals surface area (Å²) in [5.74, 6) is 0.230. The fourth-order valence-electron chi connectivity index (χ4n) is 1.37. The molecule has 0 unspecified atom stereocenters. The molecule has 0 saturated carbocycles. The molecule has 0 spiro atoms. The van der Waals surface area contributed by atoms with Gasteiger partial charge in [-0.15, -0.1) is 11.3 Å². The van der Waals surface area contributed by atoms with E-state index in [0.717, 1.165) is 23.7 Å². The van der Waals surface area contributed by atoms with Gasteiger partial charge in [0.1, 0.15) is 10.8 Å². The molecule has 2 rings (SSSR count). The first-order chi connectivity index (χ1) is 8.16. The van der Waals surface area contributed by atoms with Crippen LogP contribution in [-0.2, 0) is 13.1 Å². The smallest absolute Gasteiger partial charge is 0.143 e. The zero-order valence-corrected chi connectivity index (χ0v) is 12.8. The van der Waals surface area contributed by atoms with Crippen molar-refractivity contribution in [3.63, 3.8) is 0 Å². The van der Waals surface area contributed by atoms with Gasteiger partial charge in [-0.25, -0.2) is 4.98 Å². The number of nitrogens with zero attached hydrogens (tertiary/aromatic N) is 1. The molecule has 6 heteroatoms. The molecule has 0 fully saturated rings. The largest absolute Gasteiger partial charge is 0.506 e. The van der Waals surface area contributed by atoms with Gasteiger partial charge in [0, 0.05) is 24.7 Å². The van der Waals surface area contributed by atoms with Crippen LogP contribution in [-0.4, -0.2) is 10.1 Å². The highest BCUT2D eigenvalue weighted by molar-refractivity contribution is 9.11. The van der Waals surface area contributed by atoms with Gasteiger partial charge in [0.05, 0.1) is 8.95 Å². The van der Waals surface area contributed by atoms with Crippen molar-refractivity contribution in [2.75, 3.05) is 0 Å².